The van der Waals surface area contributed by atoms with Gasteiger partial charge in [0, 0.05) is 19.2 Å². The highest BCUT2D eigenvalue weighted by atomic mass is 16.5. The third-order valence-corrected chi connectivity index (χ3v) is 2.22. The molecule has 0 atom stereocenters. The average Bonchev–Trinajstić information content (AvgIpc) is 2.38. The number of nitrogens with two attached hydrogens (primary N) is 1. The van der Waals surface area contributed by atoms with Crippen LogP contribution in [0.5, 0.6) is 5.75 Å². The SMILES string of the molecule is C=CCOc1cc(C(=O)NCCOC)ccc1N. The van der Waals surface area contributed by atoms with Gasteiger partial charge in [0.15, 0.2) is 0 Å². The summed E-state index contributed by atoms with van der Waals surface area (Å²) in [7, 11) is 1.58. The van der Waals surface area contributed by atoms with Gasteiger partial charge in [0.1, 0.15) is 12.4 Å². The minimum Gasteiger partial charge on any atom is -0.487 e. The molecule has 5 nitrogen and oxygen atoms in total. The first-order valence-corrected chi connectivity index (χ1v) is 5.59. The van der Waals surface area contributed by atoms with E-state index in [1.807, 2.05) is 0 Å². The highest BCUT2D eigenvalue weighted by Gasteiger charge is 2.08. The van der Waals surface area contributed by atoms with E-state index in [4.69, 9.17) is 15.2 Å². The Hall–Kier alpha value is -2.01. The van der Waals surface area contributed by atoms with Crippen LogP contribution in [0.1, 0.15) is 10.4 Å². The number of carbonyl (C=O) groups is 1. The molecule has 0 heterocycles. The number of ether oxygens (including phenoxy) is 2. The molecule has 0 aliphatic carbocycles. The summed E-state index contributed by atoms with van der Waals surface area (Å²) in [6, 6.07) is 4.91. The van der Waals surface area contributed by atoms with Gasteiger partial charge in [-0.15, -0.1) is 0 Å². The minimum atomic E-state index is -0.185. The maximum absolute atomic E-state index is 11.8. The van der Waals surface area contributed by atoms with Gasteiger partial charge in [0.25, 0.3) is 5.91 Å². The number of amides is 1. The summed E-state index contributed by atoms with van der Waals surface area (Å²) in [6.45, 7) is 4.83. The molecule has 0 saturated carbocycles. The van der Waals surface area contributed by atoms with Crippen molar-refractivity contribution < 1.29 is 14.3 Å². The molecule has 0 bridgehead atoms. The zero-order chi connectivity index (χ0) is 13.4. The van der Waals surface area contributed by atoms with Gasteiger partial charge in [0.05, 0.1) is 12.3 Å². The number of nitrogens with one attached hydrogen (secondary N) is 1. The van der Waals surface area contributed by atoms with Crippen molar-refractivity contribution in [1.29, 1.82) is 0 Å². The summed E-state index contributed by atoms with van der Waals surface area (Å²) >= 11 is 0. The molecule has 0 radical (unpaired) electrons. The smallest absolute Gasteiger partial charge is 0.251 e. The van der Waals surface area contributed by atoms with E-state index in [-0.39, 0.29) is 5.91 Å². The largest absolute Gasteiger partial charge is 0.487 e. The predicted octanol–water partition coefficient (Wildman–Crippen LogP) is 1.21. The van der Waals surface area contributed by atoms with Crippen molar-refractivity contribution in [1.82, 2.24) is 5.32 Å². The molecule has 0 aliphatic rings. The van der Waals surface area contributed by atoms with Crippen molar-refractivity contribution in [2.45, 2.75) is 0 Å². The van der Waals surface area contributed by atoms with Gasteiger partial charge in [-0.1, -0.05) is 12.7 Å². The van der Waals surface area contributed by atoms with E-state index < -0.39 is 0 Å². The zero-order valence-electron chi connectivity index (χ0n) is 10.4. The van der Waals surface area contributed by atoms with Crippen LogP contribution in [-0.4, -0.2) is 32.8 Å². The molecule has 0 unspecified atom stereocenters. The molecule has 0 fully saturated rings. The van der Waals surface area contributed by atoms with E-state index in [0.717, 1.165) is 0 Å². The van der Waals surface area contributed by atoms with E-state index in [0.29, 0.717) is 36.8 Å². The Morgan fingerprint density at radius 2 is 2.33 bits per heavy atom. The fraction of sp³-hybridized carbons (Fsp3) is 0.308. The average molecular weight is 250 g/mol. The number of methoxy groups -OCH3 is 1. The van der Waals surface area contributed by atoms with Crippen LogP contribution in [0.3, 0.4) is 0 Å². The van der Waals surface area contributed by atoms with Crippen LogP contribution in [0.2, 0.25) is 0 Å². The highest BCUT2D eigenvalue weighted by molar-refractivity contribution is 5.95. The Balaban J connectivity index is 2.70. The van der Waals surface area contributed by atoms with Crippen LogP contribution < -0.4 is 15.8 Å². The van der Waals surface area contributed by atoms with Crippen LogP contribution in [0.4, 0.5) is 5.69 Å². The highest BCUT2D eigenvalue weighted by Crippen LogP contribution is 2.22. The third kappa shape index (κ3) is 4.10. The fourth-order valence-corrected chi connectivity index (χ4v) is 1.32. The summed E-state index contributed by atoms with van der Waals surface area (Å²) in [5, 5.41) is 2.72. The second-order valence-corrected chi connectivity index (χ2v) is 3.60. The summed E-state index contributed by atoms with van der Waals surface area (Å²) in [5.74, 6) is 0.296. The topological polar surface area (TPSA) is 73.6 Å². The lowest BCUT2D eigenvalue weighted by molar-refractivity contribution is 0.0936. The summed E-state index contributed by atoms with van der Waals surface area (Å²) < 4.78 is 10.2. The molecular weight excluding hydrogens is 232 g/mol. The standard InChI is InChI=1S/C13H18N2O3/c1-3-7-18-12-9-10(4-5-11(12)14)13(16)15-6-8-17-2/h3-5,9H,1,6-8,14H2,2H3,(H,15,16). The molecule has 98 valence electrons. The van der Waals surface area contributed by atoms with E-state index in [1.54, 1.807) is 31.4 Å². The minimum absolute atomic E-state index is 0.185. The van der Waals surface area contributed by atoms with Gasteiger partial charge in [-0.05, 0) is 18.2 Å². The van der Waals surface area contributed by atoms with Crippen LogP contribution in [0.25, 0.3) is 0 Å². The number of carbonyl (C=O) groups excluding carboxylic acids is 1. The second-order valence-electron chi connectivity index (χ2n) is 3.60. The molecular formula is C13H18N2O3. The Kier molecular flexibility index (Phi) is 5.73. The molecule has 1 amide bonds. The number of benzene rings is 1. The van der Waals surface area contributed by atoms with Gasteiger partial charge < -0.3 is 20.5 Å². The first-order valence-electron chi connectivity index (χ1n) is 5.59. The first-order chi connectivity index (χ1) is 8.69. The maximum atomic E-state index is 11.8. The van der Waals surface area contributed by atoms with E-state index in [1.165, 1.54) is 0 Å². The Morgan fingerprint density at radius 1 is 1.56 bits per heavy atom. The molecule has 0 aliphatic heterocycles. The Bertz CT molecular complexity index is 419. The van der Waals surface area contributed by atoms with Crippen molar-refractivity contribution in [3.63, 3.8) is 0 Å². The van der Waals surface area contributed by atoms with Gasteiger partial charge in [-0.2, -0.15) is 0 Å². The normalized spacial score (nSPS) is 9.83. The van der Waals surface area contributed by atoms with Gasteiger partial charge in [0.2, 0.25) is 0 Å². The van der Waals surface area contributed by atoms with Crippen molar-refractivity contribution in [3.05, 3.63) is 36.4 Å². The number of hydrogen-bond acceptors (Lipinski definition) is 4. The molecule has 18 heavy (non-hydrogen) atoms. The third-order valence-electron chi connectivity index (χ3n) is 2.22. The van der Waals surface area contributed by atoms with Crippen molar-refractivity contribution in [2.24, 2.45) is 0 Å². The van der Waals surface area contributed by atoms with Crippen LogP contribution >= 0.6 is 0 Å². The summed E-state index contributed by atoms with van der Waals surface area (Å²) in [6.07, 6.45) is 1.62. The lowest BCUT2D eigenvalue weighted by Gasteiger charge is -2.09. The summed E-state index contributed by atoms with van der Waals surface area (Å²) in [4.78, 5) is 11.8. The lowest BCUT2D eigenvalue weighted by atomic mass is 10.2. The number of anilines is 1. The van der Waals surface area contributed by atoms with Crippen molar-refractivity contribution in [3.8, 4) is 5.75 Å². The monoisotopic (exact) mass is 250 g/mol. The summed E-state index contributed by atoms with van der Waals surface area (Å²) in [5.41, 5.74) is 6.73. The van der Waals surface area contributed by atoms with Crippen LogP contribution in [0, 0.1) is 0 Å². The van der Waals surface area contributed by atoms with E-state index in [2.05, 4.69) is 11.9 Å². The molecule has 0 aromatic heterocycles. The molecule has 0 spiro atoms. The number of nitrogen functional groups attached to an aromatic ring is 1. The fourth-order valence-electron chi connectivity index (χ4n) is 1.32. The molecule has 1 aromatic rings. The van der Waals surface area contributed by atoms with Crippen LogP contribution in [0.15, 0.2) is 30.9 Å². The molecule has 5 heteroatoms. The van der Waals surface area contributed by atoms with E-state index >= 15 is 0 Å². The van der Waals surface area contributed by atoms with Gasteiger partial charge in [-0.25, -0.2) is 0 Å². The lowest BCUT2D eigenvalue weighted by Crippen LogP contribution is -2.26. The van der Waals surface area contributed by atoms with Crippen LogP contribution in [-0.2, 0) is 4.74 Å². The molecule has 3 N–H and O–H groups in total. The van der Waals surface area contributed by atoms with Gasteiger partial charge >= 0.3 is 0 Å². The van der Waals surface area contributed by atoms with Gasteiger partial charge in [-0.3, -0.25) is 4.79 Å². The molecule has 0 saturated heterocycles. The quantitative estimate of drug-likeness (QED) is 0.433. The molecule has 1 aromatic carbocycles. The Morgan fingerprint density at radius 3 is 3.00 bits per heavy atom. The first kappa shape index (κ1) is 14.1. The Labute approximate surface area is 107 Å². The second kappa shape index (κ2) is 7.34. The number of hydrogen-bond donors (Lipinski definition) is 2. The van der Waals surface area contributed by atoms with Crippen molar-refractivity contribution >= 4 is 11.6 Å². The van der Waals surface area contributed by atoms with Crippen molar-refractivity contribution in [2.75, 3.05) is 32.6 Å². The predicted molar refractivity (Wildman–Crippen MR) is 70.8 cm³/mol. The zero-order valence-corrected chi connectivity index (χ0v) is 10.4. The molecule has 1 rings (SSSR count). The van der Waals surface area contributed by atoms with E-state index in [9.17, 15) is 4.79 Å². The number of rotatable bonds is 7. The maximum Gasteiger partial charge on any atom is 0.251 e.